The predicted octanol–water partition coefficient (Wildman–Crippen LogP) is 2.63. The first-order chi connectivity index (χ1) is 6.09. The minimum atomic E-state index is -2.63. The lowest BCUT2D eigenvalue weighted by molar-refractivity contribution is 0.0773. The minimum absolute atomic E-state index is 0.413. The Morgan fingerprint density at radius 2 is 2.23 bits per heavy atom. The molecular weight excluding hydrogens is 251 g/mol. The second-order valence-corrected chi connectivity index (χ2v) is 3.06. The second-order valence-electron chi connectivity index (χ2n) is 2.14. The zero-order valence-electron chi connectivity index (χ0n) is 6.31. The Bertz CT molecular complexity index is 295. The summed E-state index contributed by atoms with van der Waals surface area (Å²) in [5.74, 6) is -1.18. The van der Waals surface area contributed by atoms with E-state index in [1.54, 1.807) is 0 Å². The largest absolute Gasteiger partial charge is 0.470 e. The third-order valence-electron chi connectivity index (χ3n) is 1.12. The molecule has 0 aromatic carbocycles. The molecule has 0 radical (unpaired) electrons. The highest BCUT2D eigenvalue weighted by Gasteiger charge is 2.09. The van der Waals surface area contributed by atoms with E-state index in [1.165, 1.54) is 6.20 Å². The maximum Gasteiger partial charge on any atom is 0.272 e. The average molecular weight is 256 g/mol. The standard InChI is InChI=1S/C7H5BrF3NO/c8-4-1-5(9)7(12-2-4)13-3-6(10)11/h1-2,6H,3H2. The van der Waals surface area contributed by atoms with Crippen LogP contribution in [-0.4, -0.2) is 18.0 Å². The van der Waals surface area contributed by atoms with Crippen molar-refractivity contribution in [1.82, 2.24) is 4.98 Å². The smallest absolute Gasteiger partial charge is 0.272 e. The van der Waals surface area contributed by atoms with Gasteiger partial charge in [0.2, 0.25) is 0 Å². The molecule has 0 fully saturated rings. The highest BCUT2D eigenvalue weighted by Crippen LogP contribution is 2.18. The summed E-state index contributed by atoms with van der Waals surface area (Å²) >= 11 is 2.97. The van der Waals surface area contributed by atoms with Crippen molar-refractivity contribution in [2.75, 3.05) is 6.61 Å². The third kappa shape index (κ3) is 3.22. The Morgan fingerprint density at radius 3 is 2.77 bits per heavy atom. The van der Waals surface area contributed by atoms with Crippen molar-refractivity contribution in [2.45, 2.75) is 6.43 Å². The van der Waals surface area contributed by atoms with E-state index in [0.717, 1.165) is 6.07 Å². The van der Waals surface area contributed by atoms with Crippen LogP contribution in [0, 0.1) is 5.82 Å². The van der Waals surface area contributed by atoms with Gasteiger partial charge >= 0.3 is 0 Å². The fraction of sp³-hybridized carbons (Fsp3) is 0.286. The van der Waals surface area contributed by atoms with Crippen LogP contribution >= 0.6 is 15.9 Å². The molecule has 2 nitrogen and oxygen atoms in total. The van der Waals surface area contributed by atoms with Gasteiger partial charge in [-0.15, -0.1) is 0 Å². The summed E-state index contributed by atoms with van der Waals surface area (Å²) in [6, 6.07) is 1.09. The molecule has 0 N–H and O–H groups in total. The Labute approximate surface area is 80.9 Å². The van der Waals surface area contributed by atoms with E-state index in [-0.39, 0.29) is 0 Å². The van der Waals surface area contributed by atoms with E-state index in [0.29, 0.717) is 4.47 Å². The third-order valence-corrected chi connectivity index (χ3v) is 1.55. The van der Waals surface area contributed by atoms with Gasteiger partial charge in [0, 0.05) is 10.7 Å². The molecule has 6 heteroatoms. The molecule has 1 aromatic heterocycles. The number of alkyl halides is 2. The zero-order valence-corrected chi connectivity index (χ0v) is 7.89. The van der Waals surface area contributed by atoms with Crippen LogP contribution in [0.4, 0.5) is 13.2 Å². The first-order valence-electron chi connectivity index (χ1n) is 3.31. The van der Waals surface area contributed by atoms with Crippen LogP contribution in [0.15, 0.2) is 16.7 Å². The second kappa shape index (κ2) is 4.45. The van der Waals surface area contributed by atoms with Crippen molar-refractivity contribution in [3.63, 3.8) is 0 Å². The van der Waals surface area contributed by atoms with Crippen LogP contribution in [0.25, 0.3) is 0 Å². The van der Waals surface area contributed by atoms with Crippen molar-refractivity contribution < 1.29 is 17.9 Å². The fourth-order valence-corrected chi connectivity index (χ4v) is 0.954. The van der Waals surface area contributed by atoms with Crippen molar-refractivity contribution >= 4 is 15.9 Å². The Morgan fingerprint density at radius 1 is 1.54 bits per heavy atom. The van der Waals surface area contributed by atoms with Crippen LogP contribution in [0.1, 0.15) is 0 Å². The molecule has 0 amide bonds. The summed E-state index contributed by atoms with van der Waals surface area (Å²) in [5.41, 5.74) is 0. The molecule has 0 aliphatic rings. The summed E-state index contributed by atoms with van der Waals surface area (Å²) in [4.78, 5) is 3.47. The van der Waals surface area contributed by atoms with E-state index < -0.39 is 24.7 Å². The normalized spacial score (nSPS) is 10.5. The molecule has 0 aliphatic carbocycles. The Hall–Kier alpha value is -0.780. The molecule has 1 aromatic rings. The van der Waals surface area contributed by atoms with Gasteiger partial charge in [0.05, 0.1) is 0 Å². The molecule has 13 heavy (non-hydrogen) atoms. The summed E-state index contributed by atoms with van der Waals surface area (Å²) in [6.07, 6.45) is -1.37. The zero-order chi connectivity index (χ0) is 9.84. The first kappa shape index (κ1) is 10.3. The highest BCUT2D eigenvalue weighted by molar-refractivity contribution is 9.10. The summed E-state index contributed by atoms with van der Waals surface area (Å²) < 4.78 is 41.0. The Balaban J connectivity index is 2.67. The van der Waals surface area contributed by atoms with E-state index in [2.05, 4.69) is 25.7 Å². The van der Waals surface area contributed by atoms with Crippen LogP contribution < -0.4 is 4.74 Å². The highest BCUT2D eigenvalue weighted by atomic mass is 79.9. The number of ether oxygens (including phenoxy) is 1. The van der Waals surface area contributed by atoms with Crippen molar-refractivity contribution in [3.05, 3.63) is 22.6 Å². The minimum Gasteiger partial charge on any atom is -0.470 e. The van der Waals surface area contributed by atoms with E-state index >= 15 is 0 Å². The maximum absolute atomic E-state index is 12.8. The van der Waals surface area contributed by atoms with Crippen LogP contribution in [0.2, 0.25) is 0 Å². The number of hydrogen-bond donors (Lipinski definition) is 0. The van der Waals surface area contributed by atoms with Crippen LogP contribution in [-0.2, 0) is 0 Å². The fourth-order valence-electron chi connectivity index (χ4n) is 0.650. The van der Waals surface area contributed by atoms with Crippen LogP contribution in [0.5, 0.6) is 5.88 Å². The topological polar surface area (TPSA) is 22.1 Å². The monoisotopic (exact) mass is 255 g/mol. The maximum atomic E-state index is 12.8. The molecule has 0 saturated carbocycles. The van der Waals surface area contributed by atoms with Crippen molar-refractivity contribution in [1.29, 1.82) is 0 Å². The van der Waals surface area contributed by atoms with E-state index in [1.807, 2.05) is 0 Å². The van der Waals surface area contributed by atoms with Crippen molar-refractivity contribution in [2.24, 2.45) is 0 Å². The summed E-state index contributed by atoms with van der Waals surface area (Å²) in [6.45, 7) is -0.856. The molecule has 0 bridgehead atoms. The quantitative estimate of drug-likeness (QED) is 0.829. The number of nitrogens with zero attached hydrogens (tertiary/aromatic N) is 1. The van der Waals surface area contributed by atoms with Gasteiger partial charge in [-0.05, 0) is 22.0 Å². The molecular formula is C7H5BrF3NO. The van der Waals surface area contributed by atoms with Crippen LogP contribution in [0.3, 0.4) is 0 Å². The number of rotatable bonds is 3. The number of halogens is 4. The Kier molecular flexibility index (Phi) is 3.53. The van der Waals surface area contributed by atoms with Gasteiger partial charge in [0.25, 0.3) is 12.3 Å². The van der Waals surface area contributed by atoms with Gasteiger partial charge in [0.1, 0.15) is 0 Å². The summed E-state index contributed by atoms with van der Waals surface area (Å²) in [5, 5.41) is 0. The molecule has 0 aliphatic heterocycles. The SMILES string of the molecule is Fc1cc(Br)cnc1OCC(F)F. The first-order valence-corrected chi connectivity index (χ1v) is 4.11. The number of pyridine rings is 1. The van der Waals surface area contributed by atoms with Gasteiger partial charge in [-0.3, -0.25) is 0 Å². The van der Waals surface area contributed by atoms with Gasteiger partial charge in [-0.25, -0.2) is 18.2 Å². The number of aromatic nitrogens is 1. The molecule has 0 spiro atoms. The van der Waals surface area contributed by atoms with E-state index in [4.69, 9.17) is 0 Å². The summed E-state index contributed by atoms with van der Waals surface area (Å²) in [7, 11) is 0. The van der Waals surface area contributed by atoms with Gasteiger partial charge in [0.15, 0.2) is 12.4 Å². The molecule has 1 heterocycles. The molecule has 1 rings (SSSR count). The predicted molar refractivity (Wildman–Crippen MR) is 43.4 cm³/mol. The van der Waals surface area contributed by atoms with Gasteiger partial charge in [-0.2, -0.15) is 0 Å². The lowest BCUT2D eigenvalue weighted by atomic mass is 10.5. The lowest BCUT2D eigenvalue weighted by Gasteiger charge is -2.04. The molecule has 0 unspecified atom stereocenters. The lowest BCUT2D eigenvalue weighted by Crippen LogP contribution is -2.09. The van der Waals surface area contributed by atoms with E-state index in [9.17, 15) is 13.2 Å². The molecule has 0 atom stereocenters. The van der Waals surface area contributed by atoms with Gasteiger partial charge < -0.3 is 4.74 Å². The number of hydrogen-bond acceptors (Lipinski definition) is 2. The van der Waals surface area contributed by atoms with Gasteiger partial charge in [-0.1, -0.05) is 0 Å². The molecule has 72 valence electrons. The van der Waals surface area contributed by atoms with Crippen molar-refractivity contribution in [3.8, 4) is 5.88 Å². The average Bonchev–Trinajstić information content (AvgIpc) is 2.02. The molecule has 0 saturated heterocycles.